The fourth-order valence-corrected chi connectivity index (χ4v) is 2.88. The van der Waals surface area contributed by atoms with Crippen molar-refractivity contribution in [3.05, 3.63) is 65.2 Å². The molecule has 1 N–H and O–H groups in total. The van der Waals surface area contributed by atoms with E-state index in [0.29, 0.717) is 10.6 Å². The van der Waals surface area contributed by atoms with Gasteiger partial charge < -0.3 is 0 Å². The predicted octanol–water partition coefficient (Wildman–Crippen LogP) is 3.39. The lowest BCUT2D eigenvalue weighted by Crippen LogP contribution is -2.23. The van der Waals surface area contributed by atoms with Crippen LogP contribution >= 0.6 is 11.6 Å². The average Bonchev–Trinajstić information content (AvgIpc) is 2.48. The highest BCUT2D eigenvalue weighted by atomic mass is 35.5. The molecule has 0 aliphatic rings. The maximum absolute atomic E-state index is 12.1. The summed E-state index contributed by atoms with van der Waals surface area (Å²) in [7, 11) is -1.04. The van der Waals surface area contributed by atoms with Crippen LogP contribution in [0.4, 0.5) is 0 Å². The minimum Gasteiger partial charge on any atom is -0.288 e. The van der Waals surface area contributed by atoms with Gasteiger partial charge in [0.05, 0.1) is 0 Å². The fourth-order valence-electron chi connectivity index (χ4n) is 1.55. The monoisotopic (exact) mass is 320 g/mol. The topological polar surface area (TPSA) is 58.5 Å². The van der Waals surface area contributed by atoms with E-state index in [0.717, 1.165) is 4.90 Å². The summed E-state index contributed by atoms with van der Waals surface area (Å²) in [6.45, 7) is 1.39. The number of nitrogens with one attached hydrogen (secondary N) is 1. The second-order valence-corrected chi connectivity index (χ2v) is 6.02. The van der Waals surface area contributed by atoms with Crippen molar-refractivity contribution in [3.63, 3.8) is 0 Å². The van der Waals surface area contributed by atoms with Gasteiger partial charge in [0.25, 0.3) is 5.91 Å². The summed E-state index contributed by atoms with van der Waals surface area (Å²) in [5, 5.41) is 0.583. The number of carbonyl (C=O) groups excluding carboxylic acids is 2. The van der Waals surface area contributed by atoms with Crippen LogP contribution < -0.4 is 4.72 Å². The molecule has 4 nitrogen and oxygen atoms in total. The van der Waals surface area contributed by atoms with Crippen molar-refractivity contribution in [1.82, 2.24) is 4.72 Å². The molecule has 0 spiro atoms. The molecule has 0 saturated heterocycles. The first-order chi connectivity index (χ1) is 10.1. The van der Waals surface area contributed by atoms with E-state index in [1.54, 1.807) is 48.5 Å². The lowest BCUT2D eigenvalue weighted by Gasteiger charge is -2.08. The molecule has 0 radical (unpaired) electrons. The quantitative estimate of drug-likeness (QED) is 0.942. The van der Waals surface area contributed by atoms with Gasteiger partial charge in [-0.2, -0.15) is 4.36 Å². The molecule has 0 bridgehead atoms. The Hall–Kier alpha value is -1.98. The molecule has 0 aromatic heterocycles. The first-order valence-electron chi connectivity index (χ1n) is 6.14. The summed E-state index contributed by atoms with van der Waals surface area (Å²) in [6.07, 6.45) is 0. The molecule has 2 aromatic rings. The van der Waals surface area contributed by atoms with Gasteiger partial charge >= 0.3 is 0 Å². The minimum atomic E-state index is -1.04. The number of hydrogen-bond acceptors (Lipinski definition) is 2. The van der Waals surface area contributed by atoms with E-state index in [1.807, 2.05) is 6.07 Å². The van der Waals surface area contributed by atoms with Crippen LogP contribution in [-0.4, -0.2) is 11.8 Å². The zero-order chi connectivity index (χ0) is 15.2. The molecule has 2 aromatic carbocycles. The fraction of sp³-hybridized carbons (Fsp3) is 0.0667. The van der Waals surface area contributed by atoms with Gasteiger partial charge in [0.15, 0.2) is 0 Å². The van der Waals surface area contributed by atoms with E-state index in [4.69, 9.17) is 11.6 Å². The minimum absolute atomic E-state index is 0.252. The molecule has 1 unspecified atom stereocenters. The Balaban J connectivity index is 2.35. The highest BCUT2D eigenvalue weighted by Crippen LogP contribution is 2.14. The van der Waals surface area contributed by atoms with Gasteiger partial charge in [-0.3, -0.25) is 14.3 Å². The van der Waals surface area contributed by atoms with Crippen molar-refractivity contribution in [2.75, 3.05) is 0 Å². The van der Waals surface area contributed by atoms with Gasteiger partial charge in [0, 0.05) is 33.3 Å². The summed E-state index contributed by atoms with van der Waals surface area (Å²) in [5.41, 5.74) is 0.481. The third-order valence-corrected chi connectivity index (χ3v) is 4.27. The smallest absolute Gasteiger partial charge is 0.284 e. The molecule has 6 heteroatoms. The molecule has 0 heterocycles. The zero-order valence-corrected chi connectivity index (χ0v) is 12.8. The van der Waals surface area contributed by atoms with Crippen LogP contribution in [0.1, 0.15) is 17.3 Å². The normalized spacial score (nSPS) is 11.9. The lowest BCUT2D eigenvalue weighted by atomic mass is 10.2. The number of amides is 2. The highest BCUT2D eigenvalue weighted by Gasteiger charge is 2.09. The van der Waals surface area contributed by atoms with Gasteiger partial charge in [0.2, 0.25) is 5.91 Å². The molecule has 0 fully saturated rings. The van der Waals surface area contributed by atoms with Crippen LogP contribution in [0.2, 0.25) is 5.02 Å². The Labute approximate surface area is 130 Å². The Bertz CT molecular complexity index is 685. The average molecular weight is 321 g/mol. The Morgan fingerprint density at radius 2 is 1.67 bits per heavy atom. The maximum Gasteiger partial charge on any atom is 0.284 e. The third kappa shape index (κ3) is 4.51. The first-order valence-corrected chi connectivity index (χ1v) is 7.70. The van der Waals surface area contributed by atoms with Gasteiger partial charge in [0.1, 0.15) is 0 Å². The molecule has 0 aliphatic carbocycles. The summed E-state index contributed by atoms with van der Waals surface area (Å²) in [6, 6.07) is 15.6. The van der Waals surface area contributed by atoms with Crippen LogP contribution in [0, 0.1) is 0 Å². The summed E-state index contributed by atoms with van der Waals surface area (Å²) >= 11 is 5.84. The second kappa shape index (κ2) is 7.15. The van der Waals surface area contributed by atoms with E-state index in [-0.39, 0.29) is 11.8 Å². The number of nitrogens with zero attached hydrogens (tertiary/aromatic N) is 1. The van der Waals surface area contributed by atoms with Crippen molar-refractivity contribution < 1.29 is 9.59 Å². The molecule has 108 valence electrons. The largest absolute Gasteiger partial charge is 0.288 e. The lowest BCUT2D eigenvalue weighted by molar-refractivity contribution is -0.117. The third-order valence-electron chi connectivity index (χ3n) is 2.47. The Morgan fingerprint density at radius 1 is 1.05 bits per heavy atom. The zero-order valence-electron chi connectivity index (χ0n) is 11.2. The van der Waals surface area contributed by atoms with Gasteiger partial charge in [-0.1, -0.05) is 29.8 Å². The van der Waals surface area contributed by atoms with Crippen LogP contribution in [0.3, 0.4) is 0 Å². The van der Waals surface area contributed by atoms with Crippen LogP contribution in [0.15, 0.2) is 63.9 Å². The molecule has 21 heavy (non-hydrogen) atoms. The number of hydrogen-bond donors (Lipinski definition) is 1. The SMILES string of the molecule is CC(=O)NS(=NC(=O)c1ccccc1)c1ccc(Cl)cc1. The van der Waals surface area contributed by atoms with Crippen molar-refractivity contribution in [2.24, 2.45) is 4.36 Å². The first kappa shape index (κ1) is 15.4. The van der Waals surface area contributed by atoms with E-state index in [9.17, 15) is 9.59 Å². The van der Waals surface area contributed by atoms with Crippen molar-refractivity contribution in [3.8, 4) is 0 Å². The Morgan fingerprint density at radius 3 is 2.24 bits per heavy atom. The number of halogens is 1. The van der Waals surface area contributed by atoms with Crippen molar-refractivity contribution >= 4 is 34.3 Å². The predicted molar refractivity (Wildman–Crippen MR) is 84.1 cm³/mol. The molecule has 0 saturated carbocycles. The molecular formula is C15H13ClN2O2S. The molecule has 2 amide bonds. The van der Waals surface area contributed by atoms with Crippen molar-refractivity contribution in [2.45, 2.75) is 11.8 Å². The van der Waals surface area contributed by atoms with Crippen LogP contribution in [-0.2, 0) is 15.7 Å². The van der Waals surface area contributed by atoms with E-state index < -0.39 is 10.9 Å². The maximum atomic E-state index is 12.1. The van der Waals surface area contributed by atoms with Gasteiger partial charge in [-0.25, -0.2) is 0 Å². The number of carbonyl (C=O) groups is 2. The standard InChI is InChI=1S/C15H13ClN2O2S/c1-11(19)17-21(14-9-7-13(16)8-10-14)18-15(20)12-5-3-2-4-6-12/h2-10H,1H3,(H,17,18,19,20). The number of rotatable bonds is 3. The van der Waals surface area contributed by atoms with E-state index in [2.05, 4.69) is 9.08 Å². The van der Waals surface area contributed by atoms with Gasteiger partial charge in [-0.05, 0) is 36.4 Å². The Kier molecular flexibility index (Phi) is 5.25. The molecule has 2 rings (SSSR count). The van der Waals surface area contributed by atoms with E-state index in [1.165, 1.54) is 6.92 Å². The molecule has 1 atom stereocenters. The molecular weight excluding hydrogens is 308 g/mol. The second-order valence-electron chi connectivity index (χ2n) is 4.16. The van der Waals surface area contributed by atoms with E-state index >= 15 is 0 Å². The number of benzene rings is 2. The summed E-state index contributed by atoms with van der Waals surface area (Å²) < 4.78 is 6.78. The molecule has 0 aliphatic heterocycles. The van der Waals surface area contributed by atoms with Gasteiger partial charge in [-0.15, -0.1) is 0 Å². The van der Waals surface area contributed by atoms with Crippen LogP contribution in [0.5, 0.6) is 0 Å². The van der Waals surface area contributed by atoms with Crippen LogP contribution in [0.25, 0.3) is 0 Å². The van der Waals surface area contributed by atoms with Crippen molar-refractivity contribution in [1.29, 1.82) is 0 Å². The highest BCUT2D eigenvalue weighted by molar-refractivity contribution is 7.86. The summed E-state index contributed by atoms with van der Waals surface area (Å²) in [4.78, 5) is 24.2. The summed E-state index contributed by atoms with van der Waals surface area (Å²) in [5.74, 6) is -0.625.